The first-order chi connectivity index (χ1) is 20.0. The Labute approximate surface area is 238 Å². The number of carbonyl (C=O) groups excluding carboxylic acids is 2. The second kappa shape index (κ2) is 11.0. The molecule has 208 valence electrons. The van der Waals surface area contributed by atoms with E-state index >= 15 is 0 Å². The fraction of sp³-hybridized carbons (Fsp3) is 0.355. The summed E-state index contributed by atoms with van der Waals surface area (Å²) in [6.45, 7) is 5.04. The van der Waals surface area contributed by atoms with Gasteiger partial charge in [-0.15, -0.1) is 0 Å². The third-order valence-corrected chi connectivity index (χ3v) is 8.31. The van der Waals surface area contributed by atoms with Crippen LogP contribution in [0.25, 0.3) is 0 Å². The van der Waals surface area contributed by atoms with E-state index in [1.54, 1.807) is 11.1 Å². The number of anilines is 2. The Morgan fingerprint density at radius 1 is 1.22 bits per heavy atom. The number of rotatable bonds is 6. The Bertz CT molecular complexity index is 1540. The number of amides is 2. The van der Waals surface area contributed by atoms with Gasteiger partial charge in [-0.05, 0) is 48.6 Å². The molecule has 10 nitrogen and oxygen atoms in total. The first kappa shape index (κ1) is 26.4. The van der Waals surface area contributed by atoms with Crippen LogP contribution in [0.15, 0.2) is 61.3 Å². The molecule has 2 aliphatic heterocycles. The molecule has 4 heterocycles. The average molecular weight is 550 g/mol. The predicted octanol–water partition coefficient (Wildman–Crippen LogP) is 3.34. The number of pyridine rings is 1. The van der Waals surface area contributed by atoms with Crippen molar-refractivity contribution in [2.75, 3.05) is 29.9 Å². The number of aryl methyl sites for hydroxylation is 1. The Morgan fingerprint density at radius 2 is 2.07 bits per heavy atom. The number of benzene rings is 1. The number of hydrogen-bond donors (Lipinski definition) is 1. The fourth-order valence-corrected chi connectivity index (χ4v) is 6.32. The Balaban J connectivity index is 1.39. The molecule has 2 amide bonds. The molecule has 41 heavy (non-hydrogen) atoms. The number of piperazine rings is 1. The third-order valence-electron chi connectivity index (χ3n) is 8.31. The van der Waals surface area contributed by atoms with Crippen molar-refractivity contribution in [2.24, 2.45) is 0 Å². The van der Waals surface area contributed by atoms with Crippen LogP contribution in [0.1, 0.15) is 41.8 Å². The average Bonchev–Trinajstić information content (AvgIpc) is 3.01. The molecule has 1 aromatic carbocycles. The minimum atomic E-state index is -0.718. The number of nitrogens with zero attached hydrogens (tertiary/aromatic N) is 6. The zero-order chi connectivity index (χ0) is 28.4. The third kappa shape index (κ3) is 4.88. The topological polar surface area (TPSA) is 124 Å². The smallest absolute Gasteiger partial charge is 0.319 e. The lowest BCUT2D eigenvalue weighted by Crippen LogP contribution is -2.55. The summed E-state index contributed by atoms with van der Waals surface area (Å²) >= 11 is 0. The summed E-state index contributed by atoms with van der Waals surface area (Å²) in [5, 5.41) is 12.7. The number of fused-ring (bicyclic) bond motifs is 3. The van der Waals surface area contributed by atoms with Crippen LogP contribution in [0.2, 0.25) is 0 Å². The highest BCUT2D eigenvalue weighted by atomic mass is 16.5. The van der Waals surface area contributed by atoms with Crippen LogP contribution >= 0.6 is 0 Å². The molecule has 1 spiro atoms. The van der Waals surface area contributed by atoms with Crippen molar-refractivity contribution in [3.8, 4) is 12.1 Å². The quantitative estimate of drug-likeness (QED) is 0.465. The molecule has 1 aliphatic carbocycles. The fourth-order valence-electron chi connectivity index (χ4n) is 6.32. The number of nitriles is 1. The molecule has 0 bridgehead atoms. The van der Waals surface area contributed by atoms with Crippen LogP contribution < -0.4 is 15.0 Å². The molecule has 10 heteroatoms. The summed E-state index contributed by atoms with van der Waals surface area (Å²) in [4.78, 5) is 44.0. The molecule has 1 saturated heterocycles. The maximum atomic E-state index is 13.9. The van der Waals surface area contributed by atoms with E-state index in [0.717, 1.165) is 30.5 Å². The summed E-state index contributed by atoms with van der Waals surface area (Å²) in [6.07, 6.45) is 6.16. The van der Waals surface area contributed by atoms with Crippen molar-refractivity contribution in [2.45, 2.75) is 50.2 Å². The van der Waals surface area contributed by atoms with Gasteiger partial charge in [-0.25, -0.2) is 0 Å². The standard InChI is InChI=1S/C31H31N7O3/c1-2-26(39)38-17-16-37(19-23(38)12-14-32)28-27-25(34-30(36-28)41-20-22-10-5-6-15-33-22)18-31(29(40)35-27)13-7-9-21-8-3-4-11-24(21)31/h2-6,8,10-11,15,23H,1,7,9,12-13,16-20H2,(H,35,40)/t23-,31?/m0/s1. The highest BCUT2D eigenvalue weighted by molar-refractivity contribution is 6.04. The van der Waals surface area contributed by atoms with Crippen LogP contribution in [0.3, 0.4) is 0 Å². The van der Waals surface area contributed by atoms with Gasteiger partial charge in [0.15, 0.2) is 5.82 Å². The van der Waals surface area contributed by atoms with Gasteiger partial charge in [0.2, 0.25) is 11.8 Å². The summed E-state index contributed by atoms with van der Waals surface area (Å²) in [5.41, 5.74) is 3.55. The molecule has 2 atom stereocenters. The van der Waals surface area contributed by atoms with E-state index in [1.165, 1.54) is 11.6 Å². The zero-order valence-corrected chi connectivity index (χ0v) is 22.8. The number of aromatic nitrogens is 3. The second-order valence-corrected chi connectivity index (χ2v) is 10.7. The van der Waals surface area contributed by atoms with E-state index in [2.05, 4.69) is 35.1 Å². The van der Waals surface area contributed by atoms with Gasteiger partial charge in [0.1, 0.15) is 12.3 Å². The summed E-state index contributed by atoms with van der Waals surface area (Å²) in [7, 11) is 0. The molecule has 1 unspecified atom stereocenters. The van der Waals surface area contributed by atoms with Gasteiger partial charge in [-0.1, -0.05) is 36.9 Å². The van der Waals surface area contributed by atoms with Crippen molar-refractivity contribution in [3.05, 3.63) is 83.8 Å². The Kier molecular flexibility index (Phi) is 7.10. The lowest BCUT2D eigenvalue weighted by atomic mass is 9.65. The van der Waals surface area contributed by atoms with Crippen LogP contribution in [0.5, 0.6) is 6.01 Å². The van der Waals surface area contributed by atoms with E-state index in [1.807, 2.05) is 35.2 Å². The van der Waals surface area contributed by atoms with Gasteiger partial charge < -0.3 is 19.9 Å². The highest BCUT2D eigenvalue weighted by Crippen LogP contribution is 2.46. The van der Waals surface area contributed by atoms with Crippen LogP contribution in [-0.4, -0.2) is 57.3 Å². The van der Waals surface area contributed by atoms with E-state index in [9.17, 15) is 14.9 Å². The van der Waals surface area contributed by atoms with Crippen LogP contribution in [-0.2, 0) is 34.5 Å². The van der Waals surface area contributed by atoms with Crippen molar-refractivity contribution in [1.82, 2.24) is 19.9 Å². The van der Waals surface area contributed by atoms with E-state index < -0.39 is 5.41 Å². The maximum absolute atomic E-state index is 13.9. The van der Waals surface area contributed by atoms with Gasteiger partial charge in [-0.2, -0.15) is 15.2 Å². The van der Waals surface area contributed by atoms with E-state index in [-0.39, 0.29) is 36.9 Å². The number of ether oxygens (including phenoxy) is 1. The molecular formula is C31H31N7O3. The van der Waals surface area contributed by atoms with Gasteiger partial charge in [0.05, 0.1) is 35.3 Å². The molecule has 2 aromatic heterocycles. The highest BCUT2D eigenvalue weighted by Gasteiger charge is 2.48. The largest absolute Gasteiger partial charge is 0.457 e. The summed E-state index contributed by atoms with van der Waals surface area (Å²) in [6, 6.07) is 15.8. The number of carbonyl (C=O) groups is 2. The molecule has 6 rings (SSSR count). The van der Waals surface area contributed by atoms with Gasteiger partial charge >= 0.3 is 6.01 Å². The lowest BCUT2D eigenvalue weighted by molar-refractivity contribution is -0.128. The number of hydrogen-bond acceptors (Lipinski definition) is 8. The van der Waals surface area contributed by atoms with Gasteiger partial charge in [-0.3, -0.25) is 14.6 Å². The molecule has 0 radical (unpaired) electrons. The minimum absolute atomic E-state index is 0.0572. The first-order valence-corrected chi connectivity index (χ1v) is 13.9. The molecule has 1 fully saturated rings. The van der Waals surface area contributed by atoms with Crippen LogP contribution in [0, 0.1) is 11.3 Å². The normalized spacial score (nSPS) is 21.3. The van der Waals surface area contributed by atoms with Crippen molar-refractivity contribution in [3.63, 3.8) is 0 Å². The minimum Gasteiger partial charge on any atom is -0.457 e. The first-order valence-electron chi connectivity index (χ1n) is 13.9. The SMILES string of the molecule is C=CC(=O)N1CCN(c2nc(OCc3ccccn3)nc3c2NC(=O)C2(CCCc4ccccc42)C3)C[C@@H]1CC#N. The second-order valence-electron chi connectivity index (χ2n) is 10.7. The summed E-state index contributed by atoms with van der Waals surface area (Å²) in [5.74, 6) is 0.269. The molecule has 3 aromatic rings. The van der Waals surface area contributed by atoms with E-state index in [4.69, 9.17) is 14.7 Å². The molecule has 0 saturated carbocycles. The van der Waals surface area contributed by atoms with Crippen molar-refractivity contribution in [1.29, 1.82) is 5.26 Å². The molecule has 3 aliphatic rings. The number of nitrogens with one attached hydrogen (secondary N) is 1. The maximum Gasteiger partial charge on any atom is 0.319 e. The predicted molar refractivity (Wildman–Crippen MR) is 152 cm³/mol. The Hall–Kier alpha value is -4.78. The van der Waals surface area contributed by atoms with Crippen LogP contribution in [0.4, 0.5) is 11.5 Å². The van der Waals surface area contributed by atoms with Gasteiger partial charge in [0.25, 0.3) is 0 Å². The van der Waals surface area contributed by atoms with Gasteiger partial charge in [0, 0.05) is 32.3 Å². The zero-order valence-electron chi connectivity index (χ0n) is 22.8. The monoisotopic (exact) mass is 549 g/mol. The molecular weight excluding hydrogens is 518 g/mol. The van der Waals surface area contributed by atoms with Crippen molar-refractivity contribution < 1.29 is 14.3 Å². The van der Waals surface area contributed by atoms with Crippen molar-refractivity contribution >= 4 is 23.3 Å². The summed E-state index contributed by atoms with van der Waals surface area (Å²) < 4.78 is 6.06. The lowest BCUT2D eigenvalue weighted by Gasteiger charge is -2.44. The molecule has 1 N–H and O–H groups in total. The Morgan fingerprint density at radius 3 is 2.88 bits per heavy atom. The van der Waals surface area contributed by atoms with E-state index in [0.29, 0.717) is 43.3 Å².